The highest BCUT2D eigenvalue weighted by atomic mass is 79.9. The van der Waals surface area contributed by atoms with E-state index in [1.807, 2.05) is 0 Å². The van der Waals surface area contributed by atoms with Gasteiger partial charge in [-0.1, -0.05) is 23.7 Å². The Morgan fingerprint density at radius 3 is 2.72 bits per heavy atom. The van der Waals surface area contributed by atoms with Gasteiger partial charge in [0.15, 0.2) is 5.78 Å². The lowest BCUT2D eigenvalue weighted by Gasteiger charge is -2.02. The van der Waals surface area contributed by atoms with Crippen LogP contribution >= 0.6 is 28.6 Å². The Morgan fingerprint density at radius 2 is 2.06 bits per heavy atom. The van der Waals surface area contributed by atoms with E-state index in [4.69, 9.17) is 11.6 Å². The number of ketones is 1. The molecule has 0 fully saturated rings. The molecule has 0 aliphatic rings. The van der Waals surface area contributed by atoms with Crippen molar-refractivity contribution in [2.45, 2.75) is 6.42 Å². The van der Waals surface area contributed by atoms with Crippen LogP contribution in [-0.2, 0) is 6.42 Å². The van der Waals surface area contributed by atoms with Crippen LogP contribution in [0.3, 0.4) is 0 Å². The van der Waals surface area contributed by atoms with Crippen LogP contribution in [0.25, 0.3) is 0 Å². The number of benzene rings is 1. The van der Waals surface area contributed by atoms with Gasteiger partial charge in [0.05, 0.1) is 0 Å². The summed E-state index contributed by atoms with van der Waals surface area (Å²) in [5, 5.41) is 0.511. The average molecular weight is 331 g/mol. The van der Waals surface area contributed by atoms with E-state index in [-0.39, 0.29) is 29.2 Å². The molecule has 0 atom stereocenters. The summed E-state index contributed by atoms with van der Waals surface area (Å²) in [5.74, 6) is -0.681. The van der Waals surface area contributed by atoms with Crippen molar-refractivity contribution in [1.82, 2.24) is 4.98 Å². The number of nitrogens with zero attached hydrogens (tertiary/aromatic N) is 1. The van der Waals surface area contributed by atoms with Crippen LogP contribution in [0.1, 0.15) is 15.9 Å². The number of Topliss-reactive ketones (excluding diaryl/α,β-unsaturated/α-hetero) is 1. The third-order valence-electron chi connectivity index (χ3n) is 2.30. The van der Waals surface area contributed by atoms with Crippen LogP contribution in [0, 0.1) is 5.95 Å². The van der Waals surface area contributed by atoms with Gasteiger partial charge in [-0.05, 0) is 29.8 Å². The molecule has 0 N–H and O–H groups in total. The molecule has 18 heavy (non-hydrogen) atoms. The molecule has 2 rings (SSSR count). The van der Waals surface area contributed by atoms with Gasteiger partial charge in [0, 0.05) is 23.2 Å². The molecule has 0 radical (unpaired) electrons. The molecule has 0 bridgehead atoms. The van der Waals surface area contributed by atoms with Gasteiger partial charge in [0.2, 0.25) is 5.95 Å². The number of hydrogen-bond acceptors (Lipinski definition) is 2. The van der Waals surface area contributed by atoms with E-state index in [1.165, 1.54) is 12.3 Å². The number of rotatable bonds is 3. The van der Waals surface area contributed by atoms with E-state index in [0.717, 1.165) is 0 Å². The second-order valence-corrected chi connectivity index (χ2v) is 4.03. The molecule has 94 valence electrons. The van der Waals surface area contributed by atoms with Gasteiger partial charge < -0.3 is 0 Å². The summed E-state index contributed by atoms with van der Waals surface area (Å²) in [6, 6.07) is 9.56. The minimum Gasteiger partial charge on any atom is -0.294 e. The van der Waals surface area contributed by atoms with E-state index < -0.39 is 5.95 Å². The first-order valence-electron chi connectivity index (χ1n) is 5.04. The van der Waals surface area contributed by atoms with Gasteiger partial charge in [-0.25, -0.2) is 4.98 Å². The van der Waals surface area contributed by atoms with Gasteiger partial charge >= 0.3 is 0 Å². The first-order valence-corrected chi connectivity index (χ1v) is 5.42. The number of carbonyl (C=O) groups excluding carboxylic acids is 1. The lowest BCUT2D eigenvalue weighted by atomic mass is 10.0. The van der Waals surface area contributed by atoms with E-state index in [9.17, 15) is 9.18 Å². The Balaban J connectivity index is 0.00000162. The molecule has 0 unspecified atom stereocenters. The van der Waals surface area contributed by atoms with Crippen molar-refractivity contribution in [2.24, 2.45) is 0 Å². The molecule has 0 saturated carbocycles. The molecule has 2 aromatic rings. The molecule has 1 aromatic carbocycles. The summed E-state index contributed by atoms with van der Waals surface area (Å²) in [4.78, 5) is 15.3. The lowest BCUT2D eigenvalue weighted by molar-refractivity contribution is 0.0993. The van der Waals surface area contributed by atoms with Crippen molar-refractivity contribution in [1.29, 1.82) is 0 Å². The smallest absolute Gasteiger partial charge is 0.213 e. The molecule has 0 amide bonds. The Morgan fingerprint density at radius 1 is 1.28 bits per heavy atom. The molecule has 0 aliphatic heterocycles. The molecular weight excluding hydrogens is 321 g/mol. The highest BCUT2D eigenvalue weighted by Crippen LogP contribution is 2.13. The maximum Gasteiger partial charge on any atom is 0.213 e. The SMILES string of the molecule is Br.O=C(Cc1ccnc(F)c1)c1cccc(Cl)c1. The Bertz CT molecular complexity index is 562. The number of halogens is 3. The minimum absolute atomic E-state index is 0. The summed E-state index contributed by atoms with van der Waals surface area (Å²) >= 11 is 5.79. The zero-order valence-corrected chi connectivity index (χ0v) is 11.7. The second-order valence-electron chi connectivity index (χ2n) is 3.60. The number of carbonyl (C=O) groups is 1. The van der Waals surface area contributed by atoms with Gasteiger partial charge in [0.25, 0.3) is 0 Å². The summed E-state index contributed by atoms with van der Waals surface area (Å²) in [5.41, 5.74) is 1.12. The van der Waals surface area contributed by atoms with Crippen molar-refractivity contribution in [3.63, 3.8) is 0 Å². The Kier molecular flexibility index (Phi) is 5.44. The lowest BCUT2D eigenvalue weighted by Crippen LogP contribution is -2.04. The number of aromatic nitrogens is 1. The summed E-state index contributed by atoms with van der Waals surface area (Å²) < 4.78 is 12.8. The van der Waals surface area contributed by atoms with Crippen LogP contribution in [0.4, 0.5) is 4.39 Å². The van der Waals surface area contributed by atoms with E-state index in [0.29, 0.717) is 16.1 Å². The highest BCUT2D eigenvalue weighted by molar-refractivity contribution is 8.93. The molecule has 0 aliphatic carbocycles. The average Bonchev–Trinajstić information content (AvgIpc) is 2.29. The predicted molar refractivity (Wildman–Crippen MR) is 74.0 cm³/mol. The molecule has 5 heteroatoms. The maximum absolute atomic E-state index is 12.8. The Labute approximate surface area is 120 Å². The third-order valence-corrected chi connectivity index (χ3v) is 2.54. The summed E-state index contributed by atoms with van der Waals surface area (Å²) in [7, 11) is 0. The molecule has 1 heterocycles. The first-order chi connectivity index (χ1) is 8.15. The highest BCUT2D eigenvalue weighted by Gasteiger charge is 2.08. The van der Waals surface area contributed by atoms with Crippen LogP contribution in [0.15, 0.2) is 42.6 Å². The number of hydrogen-bond donors (Lipinski definition) is 0. The van der Waals surface area contributed by atoms with Crippen LogP contribution in [0.2, 0.25) is 5.02 Å². The monoisotopic (exact) mass is 329 g/mol. The maximum atomic E-state index is 12.8. The molecule has 0 spiro atoms. The van der Waals surface area contributed by atoms with E-state index in [1.54, 1.807) is 30.3 Å². The fourth-order valence-electron chi connectivity index (χ4n) is 1.50. The first kappa shape index (κ1) is 14.8. The fraction of sp³-hybridized carbons (Fsp3) is 0.0769. The zero-order valence-electron chi connectivity index (χ0n) is 9.27. The largest absolute Gasteiger partial charge is 0.294 e. The zero-order chi connectivity index (χ0) is 12.3. The van der Waals surface area contributed by atoms with Crippen LogP contribution in [-0.4, -0.2) is 10.8 Å². The molecular formula is C13H10BrClFNO. The Hall–Kier alpha value is -1.26. The summed E-state index contributed by atoms with van der Waals surface area (Å²) in [6.45, 7) is 0. The van der Waals surface area contributed by atoms with Crippen LogP contribution < -0.4 is 0 Å². The van der Waals surface area contributed by atoms with E-state index >= 15 is 0 Å². The normalized spacial score (nSPS) is 9.67. The minimum atomic E-state index is -0.582. The predicted octanol–water partition coefficient (Wildman–Crippen LogP) is 3.88. The van der Waals surface area contributed by atoms with Gasteiger partial charge in [-0.15, -0.1) is 17.0 Å². The number of pyridine rings is 1. The third kappa shape index (κ3) is 3.89. The van der Waals surface area contributed by atoms with Crippen molar-refractivity contribution in [3.05, 3.63) is 64.7 Å². The second kappa shape index (κ2) is 6.61. The van der Waals surface area contributed by atoms with Crippen molar-refractivity contribution >= 4 is 34.4 Å². The quantitative estimate of drug-likeness (QED) is 0.631. The van der Waals surface area contributed by atoms with Crippen LogP contribution in [0.5, 0.6) is 0 Å². The van der Waals surface area contributed by atoms with Gasteiger partial charge in [-0.3, -0.25) is 4.79 Å². The van der Waals surface area contributed by atoms with Crippen molar-refractivity contribution in [2.75, 3.05) is 0 Å². The van der Waals surface area contributed by atoms with Crippen molar-refractivity contribution < 1.29 is 9.18 Å². The molecule has 1 aromatic heterocycles. The van der Waals surface area contributed by atoms with Gasteiger partial charge in [0.1, 0.15) is 0 Å². The molecule has 2 nitrogen and oxygen atoms in total. The standard InChI is InChI=1S/C13H9ClFNO.BrH/c14-11-3-1-2-10(8-11)12(17)6-9-4-5-16-13(15)7-9;/h1-5,7-8H,6H2;1H. The molecule has 0 saturated heterocycles. The topological polar surface area (TPSA) is 30.0 Å². The fourth-order valence-corrected chi connectivity index (χ4v) is 1.69. The van der Waals surface area contributed by atoms with Gasteiger partial charge in [-0.2, -0.15) is 4.39 Å². The van der Waals surface area contributed by atoms with E-state index in [2.05, 4.69) is 4.98 Å². The van der Waals surface area contributed by atoms with Crippen molar-refractivity contribution in [3.8, 4) is 0 Å². The summed E-state index contributed by atoms with van der Waals surface area (Å²) in [6.07, 6.45) is 1.48.